The fourth-order valence-corrected chi connectivity index (χ4v) is 1.83. The summed E-state index contributed by atoms with van der Waals surface area (Å²) in [6.45, 7) is 5.43. The molecule has 1 aromatic heterocycles. The topological polar surface area (TPSA) is 77.2 Å². The molecule has 1 amide bonds. The van der Waals surface area contributed by atoms with Crippen LogP contribution in [0, 0.1) is 0 Å². The number of nitrogens with one attached hydrogen (secondary N) is 1. The fraction of sp³-hybridized carbons (Fsp3) is 0.400. The Kier molecular flexibility index (Phi) is 4.57. The molecule has 2 aromatic rings. The Morgan fingerprint density at radius 3 is 2.62 bits per heavy atom. The van der Waals surface area contributed by atoms with E-state index < -0.39 is 17.7 Å². The molecular formula is C15H19N3O3. The van der Waals surface area contributed by atoms with Gasteiger partial charge in [0.1, 0.15) is 11.6 Å². The normalized spacial score (nSPS) is 12.7. The second-order valence-corrected chi connectivity index (χ2v) is 5.67. The average molecular weight is 289 g/mol. The molecule has 112 valence electrons. The molecule has 1 aromatic carbocycles. The Morgan fingerprint density at radius 1 is 1.33 bits per heavy atom. The summed E-state index contributed by atoms with van der Waals surface area (Å²) in [7, 11) is 0. The van der Waals surface area contributed by atoms with Crippen molar-refractivity contribution in [3.05, 3.63) is 48.1 Å². The van der Waals surface area contributed by atoms with Gasteiger partial charge in [-0.2, -0.15) is 4.98 Å². The molecule has 1 unspecified atom stereocenters. The zero-order valence-corrected chi connectivity index (χ0v) is 12.4. The van der Waals surface area contributed by atoms with Crippen molar-refractivity contribution in [2.45, 2.75) is 38.8 Å². The zero-order valence-electron chi connectivity index (χ0n) is 12.4. The molecule has 1 heterocycles. The monoisotopic (exact) mass is 289 g/mol. The van der Waals surface area contributed by atoms with E-state index in [1.54, 1.807) is 0 Å². The van der Waals surface area contributed by atoms with Gasteiger partial charge in [0.2, 0.25) is 5.89 Å². The molecule has 0 fully saturated rings. The molecule has 0 radical (unpaired) electrons. The standard InChI is InChI=1S/C15H19N3O3/c1-15(2,3)20-14(19)18-12(13-16-10-17-21-13)9-11-7-5-4-6-8-11/h4-8,10,12H,9H2,1-3H3,(H,18,19). The largest absolute Gasteiger partial charge is 0.444 e. The van der Waals surface area contributed by atoms with Crippen LogP contribution in [0.15, 0.2) is 41.2 Å². The van der Waals surface area contributed by atoms with E-state index in [1.165, 1.54) is 6.33 Å². The second-order valence-electron chi connectivity index (χ2n) is 5.67. The number of hydrogen-bond donors (Lipinski definition) is 1. The molecule has 0 aliphatic rings. The van der Waals surface area contributed by atoms with Crippen molar-refractivity contribution in [1.82, 2.24) is 15.5 Å². The van der Waals surface area contributed by atoms with Gasteiger partial charge >= 0.3 is 6.09 Å². The molecule has 0 spiro atoms. The molecule has 1 N–H and O–H groups in total. The van der Waals surface area contributed by atoms with Crippen molar-refractivity contribution in [3.8, 4) is 0 Å². The number of rotatable bonds is 4. The van der Waals surface area contributed by atoms with E-state index >= 15 is 0 Å². The minimum atomic E-state index is -0.559. The summed E-state index contributed by atoms with van der Waals surface area (Å²) in [4.78, 5) is 15.9. The number of amides is 1. The highest BCUT2D eigenvalue weighted by Gasteiger charge is 2.23. The molecule has 21 heavy (non-hydrogen) atoms. The summed E-state index contributed by atoms with van der Waals surface area (Å²) in [6.07, 6.45) is 1.34. The molecule has 0 bridgehead atoms. The first-order valence-corrected chi connectivity index (χ1v) is 6.74. The second kappa shape index (κ2) is 6.39. The van der Waals surface area contributed by atoms with Crippen LogP contribution in [-0.2, 0) is 11.2 Å². The Hall–Kier alpha value is -2.37. The van der Waals surface area contributed by atoms with Crippen molar-refractivity contribution in [3.63, 3.8) is 0 Å². The third-order valence-corrected chi connectivity index (χ3v) is 2.65. The third-order valence-electron chi connectivity index (χ3n) is 2.65. The van der Waals surface area contributed by atoms with Gasteiger partial charge in [0, 0.05) is 6.42 Å². The number of nitrogens with zero attached hydrogens (tertiary/aromatic N) is 2. The van der Waals surface area contributed by atoms with Crippen molar-refractivity contribution < 1.29 is 14.1 Å². The van der Waals surface area contributed by atoms with Crippen LogP contribution in [-0.4, -0.2) is 21.8 Å². The lowest BCUT2D eigenvalue weighted by atomic mass is 10.1. The van der Waals surface area contributed by atoms with Crippen LogP contribution in [0.25, 0.3) is 0 Å². The van der Waals surface area contributed by atoms with Crippen LogP contribution in [0.5, 0.6) is 0 Å². The first kappa shape index (κ1) is 15.0. The maximum Gasteiger partial charge on any atom is 0.408 e. The number of alkyl carbamates (subject to hydrolysis) is 1. The van der Waals surface area contributed by atoms with E-state index in [2.05, 4.69) is 15.5 Å². The van der Waals surface area contributed by atoms with Crippen molar-refractivity contribution >= 4 is 6.09 Å². The summed E-state index contributed by atoms with van der Waals surface area (Å²) in [5, 5.41) is 6.36. The van der Waals surface area contributed by atoms with Gasteiger partial charge in [-0.3, -0.25) is 0 Å². The van der Waals surface area contributed by atoms with Gasteiger partial charge < -0.3 is 14.6 Å². The number of hydrogen-bond acceptors (Lipinski definition) is 5. The molecule has 0 aliphatic carbocycles. The minimum Gasteiger partial charge on any atom is -0.444 e. The highest BCUT2D eigenvalue weighted by atomic mass is 16.6. The van der Waals surface area contributed by atoms with Crippen LogP contribution in [0.1, 0.15) is 38.3 Å². The molecule has 0 aliphatic heterocycles. The summed E-state index contributed by atoms with van der Waals surface area (Å²) in [5.74, 6) is 0.352. The van der Waals surface area contributed by atoms with Gasteiger partial charge in [-0.15, -0.1) is 0 Å². The molecular weight excluding hydrogens is 270 g/mol. The predicted octanol–water partition coefficient (Wildman–Crippen LogP) is 2.88. The molecule has 1 atom stereocenters. The Bertz CT molecular complexity index is 562. The van der Waals surface area contributed by atoms with Crippen molar-refractivity contribution in [2.75, 3.05) is 0 Å². The van der Waals surface area contributed by atoms with E-state index in [1.807, 2.05) is 51.1 Å². The lowest BCUT2D eigenvalue weighted by Gasteiger charge is -2.22. The number of benzene rings is 1. The fourth-order valence-electron chi connectivity index (χ4n) is 1.83. The van der Waals surface area contributed by atoms with E-state index in [9.17, 15) is 4.79 Å². The van der Waals surface area contributed by atoms with E-state index in [0.717, 1.165) is 5.56 Å². The lowest BCUT2D eigenvalue weighted by Crippen LogP contribution is -2.35. The third kappa shape index (κ3) is 4.91. The molecule has 2 rings (SSSR count). The number of aromatic nitrogens is 2. The van der Waals surface area contributed by atoms with Crippen LogP contribution in [0.2, 0.25) is 0 Å². The number of ether oxygens (including phenoxy) is 1. The Balaban J connectivity index is 2.08. The maximum absolute atomic E-state index is 11.9. The first-order valence-electron chi connectivity index (χ1n) is 6.74. The summed E-state index contributed by atoms with van der Waals surface area (Å²) in [6, 6.07) is 9.33. The summed E-state index contributed by atoms with van der Waals surface area (Å²) in [5.41, 5.74) is 0.493. The van der Waals surface area contributed by atoms with E-state index in [4.69, 9.17) is 9.26 Å². The van der Waals surface area contributed by atoms with Gasteiger partial charge in [-0.05, 0) is 26.3 Å². The van der Waals surface area contributed by atoms with E-state index in [0.29, 0.717) is 12.3 Å². The van der Waals surface area contributed by atoms with Gasteiger partial charge in [-0.25, -0.2) is 4.79 Å². The average Bonchev–Trinajstić information content (AvgIpc) is 2.90. The quantitative estimate of drug-likeness (QED) is 0.936. The number of carbonyl (C=O) groups is 1. The highest BCUT2D eigenvalue weighted by molar-refractivity contribution is 5.68. The molecule has 6 heteroatoms. The predicted molar refractivity (Wildman–Crippen MR) is 76.6 cm³/mol. The van der Waals surface area contributed by atoms with Gasteiger partial charge in [0.05, 0.1) is 0 Å². The lowest BCUT2D eigenvalue weighted by molar-refractivity contribution is 0.0493. The van der Waals surface area contributed by atoms with Gasteiger partial charge in [0.15, 0.2) is 6.33 Å². The minimum absolute atomic E-state index is 0.352. The van der Waals surface area contributed by atoms with Crippen LogP contribution < -0.4 is 5.32 Å². The van der Waals surface area contributed by atoms with Crippen LogP contribution >= 0.6 is 0 Å². The molecule has 0 saturated heterocycles. The Morgan fingerprint density at radius 2 is 2.05 bits per heavy atom. The van der Waals surface area contributed by atoms with Crippen LogP contribution in [0.3, 0.4) is 0 Å². The smallest absolute Gasteiger partial charge is 0.408 e. The Labute approximate surface area is 123 Å². The molecule has 0 saturated carbocycles. The summed E-state index contributed by atoms with van der Waals surface area (Å²) >= 11 is 0. The summed E-state index contributed by atoms with van der Waals surface area (Å²) < 4.78 is 10.3. The zero-order chi connectivity index (χ0) is 15.3. The first-order chi connectivity index (χ1) is 9.94. The highest BCUT2D eigenvalue weighted by Crippen LogP contribution is 2.17. The van der Waals surface area contributed by atoms with Gasteiger partial charge in [-0.1, -0.05) is 35.5 Å². The van der Waals surface area contributed by atoms with E-state index in [-0.39, 0.29) is 0 Å². The van der Waals surface area contributed by atoms with Crippen LogP contribution in [0.4, 0.5) is 4.79 Å². The molecule has 6 nitrogen and oxygen atoms in total. The SMILES string of the molecule is CC(C)(C)OC(=O)NC(Cc1ccccc1)c1ncno1. The number of carbonyl (C=O) groups excluding carboxylic acids is 1. The van der Waals surface area contributed by atoms with Gasteiger partial charge in [0.25, 0.3) is 0 Å². The van der Waals surface area contributed by atoms with Crippen molar-refractivity contribution in [1.29, 1.82) is 0 Å². The van der Waals surface area contributed by atoms with Crippen molar-refractivity contribution in [2.24, 2.45) is 0 Å². The maximum atomic E-state index is 11.9.